The second-order valence-corrected chi connectivity index (χ2v) is 5.69. The second kappa shape index (κ2) is 8.74. The highest BCUT2D eigenvalue weighted by atomic mass is 35.5. The normalized spacial score (nSPS) is 16.8. The summed E-state index contributed by atoms with van der Waals surface area (Å²) in [5.41, 5.74) is 7.36. The largest absolute Gasteiger partial charge is 0.338 e. The molecule has 1 heterocycles. The lowest BCUT2D eigenvalue weighted by Crippen LogP contribution is -2.46. The van der Waals surface area contributed by atoms with E-state index < -0.39 is 6.04 Å². The van der Waals surface area contributed by atoms with Gasteiger partial charge in [-0.15, -0.1) is 12.4 Å². The van der Waals surface area contributed by atoms with Crippen LogP contribution in [-0.2, 0) is 4.79 Å². The van der Waals surface area contributed by atoms with Gasteiger partial charge in [0.15, 0.2) is 0 Å². The van der Waals surface area contributed by atoms with Crippen LogP contribution in [0.3, 0.4) is 0 Å². The molecule has 0 saturated carbocycles. The Kier molecular flexibility index (Phi) is 7.32. The average molecular weight is 341 g/mol. The number of carbonyl (C=O) groups is 2. The third-order valence-electron chi connectivity index (χ3n) is 4.06. The minimum atomic E-state index is -0.535. The quantitative estimate of drug-likeness (QED) is 0.768. The van der Waals surface area contributed by atoms with Crippen molar-refractivity contribution in [2.24, 2.45) is 11.7 Å². The maximum Gasteiger partial charge on any atom is 0.321 e. The number of urea groups is 1. The molecule has 6 nitrogen and oxygen atoms in total. The highest BCUT2D eigenvalue weighted by Crippen LogP contribution is 2.21. The Hall–Kier alpha value is -1.79. The number of rotatable bonds is 5. The van der Waals surface area contributed by atoms with E-state index in [2.05, 4.69) is 10.6 Å². The van der Waals surface area contributed by atoms with Crippen LogP contribution in [0.1, 0.15) is 26.7 Å². The van der Waals surface area contributed by atoms with Gasteiger partial charge < -0.3 is 16.4 Å². The van der Waals surface area contributed by atoms with Crippen LogP contribution in [0.2, 0.25) is 0 Å². The monoisotopic (exact) mass is 340 g/mol. The first-order chi connectivity index (χ1) is 10.5. The van der Waals surface area contributed by atoms with E-state index in [-0.39, 0.29) is 30.3 Å². The van der Waals surface area contributed by atoms with Crippen LogP contribution in [0.15, 0.2) is 24.3 Å². The zero-order chi connectivity index (χ0) is 16.1. The number of halogens is 1. The van der Waals surface area contributed by atoms with Gasteiger partial charge in [-0.2, -0.15) is 0 Å². The molecule has 2 rings (SSSR count). The minimum Gasteiger partial charge on any atom is -0.338 e. The third kappa shape index (κ3) is 4.84. The number of hydrogen-bond donors (Lipinski definition) is 3. The van der Waals surface area contributed by atoms with Crippen LogP contribution in [0.4, 0.5) is 16.2 Å². The molecule has 0 bridgehead atoms. The summed E-state index contributed by atoms with van der Waals surface area (Å²) in [5.74, 6) is -0.0781. The molecule has 7 heteroatoms. The molecule has 1 aromatic carbocycles. The van der Waals surface area contributed by atoms with Crippen molar-refractivity contribution >= 4 is 35.7 Å². The van der Waals surface area contributed by atoms with E-state index in [1.54, 1.807) is 17.0 Å². The lowest BCUT2D eigenvalue weighted by Gasteiger charge is -2.28. The molecule has 2 unspecified atom stereocenters. The summed E-state index contributed by atoms with van der Waals surface area (Å²) in [5, 5.41) is 5.64. The van der Waals surface area contributed by atoms with Crippen molar-refractivity contribution in [2.45, 2.75) is 32.7 Å². The van der Waals surface area contributed by atoms with Gasteiger partial charge in [0.1, 0.15) is 0 Å². The lowest BCUT2D eigenvalue weighted by atomic mass is 9.99. The summed E-state index contributed by atoms with van der Waals surface area (Å²) >= 11 is 0. The van der Waals surface area contributed by atoms with Crippen LogP contribution < -0.4 is 21.3 Å². The molecule has 1 saturated heterocycles. The maximum atomic E-state index is 12.1. The van der Waals surface area contributed by atoms with Gasteiger partial charge in [0.25, 0.3) is 0 Å². The van der Waals surface area contributed by atoms with E-state index in [1.165, 1.54) is 0 Å². The van der Waals surface area contributed by atoms with Gasteiger partial charge in [0.05, 0.1) is 6.04 Å². The number of anilines is 2. The number of hydrogen-bond acceptors (Lipinski definition) is 3. The summed E-state index contributed by atoms with van der Waals surface area (Å²) < 4.78 is 0. The van der Waals surface area contributed by atoms with E-state index in [0.717, 1.165) is 18.5 Å². The van der Waals surface area contributed by atoms with E-state index in [1.807, 2.05) is 26.0 Å². The van der Waals surface area contributed by atoms with Gasteiger partial charge >= 0.3 is 6.03 Å². The molecule has 23 heavy (non-hydrogen) atoms. The molecule has 3 amide bonds. The van der Waals surface area contributed by atoms with Gasteiger partial charge in [-0.3, -0.25) is 9.69 Å². The number of benzene rings is 1. The smallest absolute Gasteiger partial charge is 0.321 e. The first kappa shape index (κ1) is 19.3. The van der Waals surface area contributed by atoms with Gasteiger partial charge in [0, 0.05) is 24.5 Å². The topological polar surface area (TPSA) is 87.5 Å². The van der Waals surface area contributed by atoms with Gasteiger partial charge in [-0.1, -0.05) is 26.3 Å². The molecular formula is C16H25ClN4O2. The highest BCUT2D eigenvalue weighted by Gasteiger charge is 2.21. The predicted molar refractivity (Wildman–Crippen MR) is 95.1 cm³/mol. The zero-order valence-electron chi connectivity index (χ0n) is 13.5. The molecule has 4 N–H and O–H groups in total. The molecule has 0 radical (unpaired) electrons. The Labute approximate surface area is 143 Å². The van der Waals surface area contributed by atoms with E-state index >= 15 is 0 Å². The second-order valence-electron chi connectivity index (χ2n) is 5.69. The number of amides is 3. The van der Waals surface area contributed by atoms with Crippen molar-refractivity contribution in [1.82, 2.24) is 5.32 Å². The highest BCUT2D eigenvalue weighted by molar-refractivity contribution is 5.97. The average Bonchev–Trinajstić information content (AvgIpc) is 2.54. The summed E-state index contributed by atoms with van der Waals surface area (Å²) in [7, 11) is 0. The van der Waals surface area contributed by atoms with Crippen LogP contribution >= 0.6 is 12.4 Å². The van der Waals surface area contributed by atoms with Crippen LogP contribution in [0, 0.1) is 5.92 Å². The first-order valence-electron chi connectivity index (χ1n) is 7.74. The summed E-state index contributed by atoms with van der Waals surface area (Å²) in [6, 6.07) is 6.63. The molecule has 2 atom stereocenters. The molecule has 0 spiro atoms. The van der Waals surface area contributed by atoms with E-state index in [4.69, 9.17) is 5.73 Å². The molecule has 0 aliphatic carbocycles. The maximum absolute atomic E-state index is 12.1. The standard InChI is InChI=1S/C16H24N4O2.ClH/c1-3-11(2)14(17)15(21)19-12-6-4-7-13(10-12)20-9-5-8-18-16(20)22;/h4,6-7,10-11,14H,3,5,8-9,17H2,1-2H3,(H,18,22)(H,19,21);1H. The van der Waals surface area contributed by atoms with E-state index in [0.29, 0.717) is 18.8 Å². The van der Waals surface area contributed by atoms with Gasteiger partial charge in [-0.25, -0.2) is 4.79 Å². The molecule has 1 fully saturated rings. The SMILES string of the molecule is CCC(C)C(N)C(=O)Nc1cccc(N2CCCNC2=O)c1.Cl. The first-order valence-corrected chi connectivity index (χ1v) is 7.74. The summed E-state index contributed by atoms with van der Waals surface area (Å²) in [6.45, 7) is 5.34. The van der Waals surface area contributed by atoms with Crippen molar-refractivity contribution in [2.75, 3.05) is 23.3 Å². The summed E-state index contributed by atoms with van der Waals surface area (Å²) in [6.07, 6.45) is 1.75. The number of nitrogens with one attached hydrogen (secondary N) is 2. The molecule has 0 aromatic heterocycles. The Balaban J connectivity index is 0.00000264. The Morgan fingerprint density at radius 1 is 1.48 bits per heavy atom. The van der Waals surface area contributed by atoms with Gasteiger partial charge in [0.2, 0.25) is 5.91 Å². The Bertz CT molecular complexity index is 553. The molecular weight excluding hydrogens is 316 g/mol. The van der Waals surface area contributed by atoms with Crippen molar-refractivity contribution in [3.8, 4) is 0 Å². The molecule has 1 aliphatic heterocycles. The third-order valence-corrected chi connectivity index (χ3v) is 4.06. The lowest BCUT2D eigenvalue weighted by molar-refractivity contribution is -0.118. The van der Waals surface area contributed by atoms with Crippen LogP contribution in [-0.4, -0.2) is 31.1 Å². The minimum absolute atomic E-state index is 0. The Morgan fingerprint density at radius 3 is 2.87 bits per heavy atom. The van der Waals surface area contributed by atoms with Crippen molar-refractivity contribution in [3.05, 3.63) is 24.3 Å². The zero-order valence-corrected chi connectivity index (χ0v) is 14.4. The molecule has 1 aromatic rings. The van der Waals surface area contributed by atoms with Crippen molar-refractivity contribution in [1.29, 1.82) is 0 Å². The van der Waals surface area contributed by atoms with Crippen molar-refractivity contribution < 1.29 is 9.59 Å². The van der Waals surface area contributed by atoms with Crippen molar-refractivity contribution in [3.63, 3.8) is 0 Å². The number of nitrogens with zero attached hydrogens (tertiary/aromatic N) is 1. The molecule has 128 valence electrons. The van der Waals surface area contributed by atoms with Gasteiger partial charge in [-0.05, 0) is 30.5 Å². The Morgan fingerprint density at radius 2 is 2.22 bits per heavy atom. The fourth-order valence-corrected chi connectivity index (χ4v) is 2.37. The molecule has 1 aliphatic rings. The fraction of sp³-hybridized carbons (Fsp3) is 0.500. The fourth-order valence-electron chi connectivity index (χ4n) is 2.37. The van der Waals surface area contributed by atoms with E-state index in [9.17, 15) is 9.59 Å². The predicted octanol–water partition coefficient (Wildman–Crippen LogP) is 2.34. The van der Waals surface area contributed by atoms with Crippen LogP contribution in [0.25, 0.3) is 0 Å². The summed E-state index contributed by atoms with van der Waals surface area (Å²) in [4.78, 5) is 25.7. The number of nitrogens with two attached hydrogens (primary N) is 1. The number of carbonyl (C=O) groups excluding carboxylic acids is 2. The van der Waals surface area contributed by atoms with Crippen LogP contribution in [0.5, 0.6) is 0 Å².